The highest BCUT2D eigenvalue weighted by molar-refractivity contribution is 6.03. The first-order chi connectivity index (χ1) is 14.2. The average Bonchev–Trinajstić information content (AvgIpc) is 2.58. The van der Waals surface area contributed by atoms with Crippen LogP contribution in [0.15, 0.2) is 36.4 Å². The van der Waals surface area contributed by atoms with Crippen molar-refractivity contribution < 1.29 is 43.0 Å². The van der Waals surface area contributed by atoms with Crippen LogP contribution in [0, 0.1) is 21.1 Å². The number of para-hydroxylation sites is 1. The minimum absolute atomic E-state index is 0.0664. The Bertz CT molecular complexity index is 964. The molecule has 0 spiro atoms. The summed E-state index contributed by atoms with van der Waals surface area (Å²) >= 11 is 0. The molecule has 0 saturated heterocycles. The number of ketones is 2. The van der Waals surface area contributed by atoms with E-state index in [1.807, 2.05) is 24.3 Å². The number of nitrogens with zero attached hydrogens (tertiary/aromatic N) is 1. The van der Waals surface area contributed by atoms with Crippen molar-refractivity contribution in [3.8, 4) is 5.69 Å². The van der Waals surface area contributed by atoms with Crippen molar-refractivity contribution >= 4 is 11.6 Å². The molecule has 0 radical (unpaired) electrons. The maximum absolute atomic E-state index is 12.9. The van der Waals surface area contributed by atoms with Gasteiger partial charge in [-0.25, -0.2) is 18.6 Å². The van der Waals surface area contributed by atoms with E-state index < -0.39 is 10.2 Å². The van der Waals surface area contributed by atoms with Crippen molar-refractivity contribution in [2.75, 3.05) is 0 Å². The fourth-order valence-electron chi connectivity index (χ4n) is 4.53. The molecule has 1 aromatic heterocycles. The lowest BCUT2D eigenvalue weighted by Gasteiger charge is -2.32. The summed E-state index contributed by atoms with van der Waals surface area (Å²) in [6.45, 7) is 8.60. The van der Waals surface area contributed by atoms with Gasteiger partial charge in [-0.1, -0.05) is 45.9 Å². The first kappa shape index (κ1) is 23.5. The number of hydrogen-bond donors (Lipinski definition) is 0. The number of benzene rings is 1. The Morgan fingerprint density at radius 3 is 1.52 bits per heavy atom. The summed E-state index contributed by atoms with van der Waals surface area (Å²) in [5.41, 5.74) is 4.49. The monoisotopic (exact) mass is 447 g/mol. The second-order valence-corrected chi connectivity index (χ2v) is 10.6. The van der Waals surface area contributed by atoms with Gasteiger partial charge in [-0.2, -0.15) is 4.57 Å². The minimum Gasteiger partial charge on any atom is -0.294 e. The molecule has 0 fully saturated rings. The van der Waals surface area contributed by atoms with Crippen LogP contribution in [0.25, 0.3) is 5.69 Å². The Balaban J connectivity index is 0.000000491. The molecule has 2 aliphatic rings. The van der Waals surface area contributed by atoms with Gasteiger partial charge < -0.3 is 0 Å². The number of rotatable bonds is 1. The lowest BCUT2D eigenvalue weighted by atomic mass is 9.71. The van der Waals surface area contributed by atoms with Gasteiger partial charge in [0, 0.05) is 37.8 Å². The molecular weight excluding hydrogens is 422 g/mol. The molecule has 8 heteroatoms. The fraction of sp³-hybridized carbons (Fsp3) is 0.435. The molecule has 0 amide bonds. The standard InChI is InChI=1S/C23H26NO2.ClHO4/c1-22(2)11-18-16(20(25)13-22)10-17-19(12-23(3,4)14-21(17)26)24(18)15-8-6-5-7-9-15;2-1(3,4)5/h5-10H,11-14H2,1-4H3;(H,2,3,4,5)/q+1;/p-1. The van der Waals surface area contributed by atoms with Gasteiger partial charge in [0.05, 0.1) is 11.1 Å². The number of fused-ring (bicyclic) bond motifs is 2. The third-order valence-electron chi connectivity index (χ3n) is 5.64. The SMILES string of the molecule is CC1(C)CC(=O)c2cc3c([n+](-c4ccccc4)c2C1)CC(C)(C)CC3=O.[O-][Cl+3]([O-])([O-])[O-]. The van der Waals surface area contributed by atoms with Crippen LogP contribution in [0.3, 0.4) is 0 Å². The summed E-state index contributed by atoms with van der Waals surface area (Å²) in [6, 6.07) is 12.0. The molecule has 0 bridgehead atoms. The van der Waals surface area contributed by atoms with Crippen LogP contribution in [0.1, 0.15) is 72.6 Å². The molecule has 2 aromatic rings. The smallest absolute Gasteiger partial charge is 0.211 e. The van der Waals surface area contributed by atoms with Crippen molar-refractivity contribution in [2.24, 2.45) is 10.8 Å². The van der Waals surface area contributed by atoms with Crippen LogP contribution in [-0.4, -0.2) is 11.6 Å². The summed E-state index contributed by atoms with van der Waals surface area (Å²) in [5.74, 6) is 0.308. The molecule has 0 unspecified atom stereocenters. The van der Waals surface area contributed by atoms with Crippen molar-refractivity contribution in [1.82, 2.24) is 0 Å². The maximum Gasteiger partial charge on any atom is 0.211 e. The lowest BCUT2D eigenvalue weighted by Crippen LogP contribution is -2.68. The minimum atomic E-state index is -4.94. The molecule has 1 heterocycles. The second kappa shape index (κ2) is 8.07. The number of Topliss-reactive ketones (excluding diaryl/α,β-unsaturated/α-hetero) is 2. The van der Waals surface area contributed by atoms with Crippen LogP contribution in [-0.2, 0) is 12.8 Å². The molecule has 4 rings (SSSR count). The van der Waals surface area contributed by atoms with Crippen molar-refractivity contribution in [2.45, 2.75) is 53.4 Å². The lowest BCUT2D eigenvalue weighted by molar-refractivity contribution is -2.00. The molecule has 1 aromatic carbocycles. The molecule has 0 N–H and O–H groups in total. The number of carbonyl (C=O) groups excluding carboxylic acids is 2. The van der Waals surface area contributed by atoms with Crippen LogP contribution in [0.2, 0.25) is 0 Å². The molecule has 2 aliphatic carbocycles. The van der Waals surface area contributed by atoms with Gasteiger partial charge in [0.1, 0.15) is 0 Å². The summed E-state index contributed by atoms with van der Waals surface area (Å²) < 4.78 is 36.2. The summed E-state index contributed by atoms with van der Waals surface area (Å²) in [7, 11) is -4.94. The molecule has 7 nitrogen and oxygen atoms in total. The van der Waals surface area contributed by atoms with E-state index in [9.17, 15) is 9.59 Å². The van der Waals surface area contributed by atoms with Crippen LogP contribution < -0.4 is 23.2 Å². The van der Waals surface area contributed by atoms with Crippen molar-refractivity contribution in [3.63, 3.8) is 0 Å². The van der Waals surface area contributed by atoms with Crippen LogP contribution in [0.5, 0.6) is 0 Å². The predicted molar refractivity (Wildman–Crippen MR) is 101 cm³/mol. The highest BCUT2D eigenvalue weighted by Gasteiger charge is 2.44. The largest absolute Gasteiger partial charge is 0.294 e. The zero-order chi connectivity index (χ0) is 23.2. The van der Waals surface area contributed by atoms with Crippen molar-refractivity contribution in [3.05, 3.63) is 58.9 Å². The Kier molecular flexibility index (Phi) is 6.12. The number of pyridine rings is 1. The average molecular weight is 448 g/mol. The Hall–Kier alpha value is -2.16. The molecule has 0 atom stereocenters. The highest BCUT2D eigenvalue weighted by Crippen LogP contribution is 2.38. The third kappa shape index (κ3) is 5.56. The van der Waals surface area contributed by atoms with E-state index in [1.54, 1.807) is 0 Å². The summed E-state index contributed by atoms with van der Waals surface area (Å²) in [4.78, 5) is 25.8. The number of halogens is 1. The fourth-order valence-corrected chi connectivity index (χ4v) is 4.53. The topological polar surface area (TPSA) is 130 Å². The first-order valence-electron chi connectivity index (χ1n) is 10.0. The maximum atomic E-state index is 12.9. The van der Waals surface area contributed by atoms with E-state index in [0.29, 0.717) is 12.8 Å². The zero-order valence-electron chi connectivity index (χ0n) is 18.1. The van der Waals surface area contributed by atoms with Gasteiger partial charge in [-0.05, 0) is 16.9 Å². The molecular formula is C23H26ClNO6. The third-order valence-corrected chi connectivity index (χ3v) is 5.64. The molecule has 31 heavy (non-hydrogen) atoms. The van der Waals surface area contributed by atoms with Gasteiger partial charge in [0.25, 0.3) is 0 Å². The Morgan fingerprint density at radius 2 is 1.13 bits per heavy atom. The van der Waals surface area contributed by atoms with Gasteiger partial charge >= 0.3 is 0 Å². The molecule has 0 saturated carbocycles. The number of hydrogen-bond acceptors (Lipinski definition) is 6. The molecule has 0 aliphatic heterocycles. The highest BCUT2D eigenvalue weighted by atomic mass is 35.7. The quantitative estimate of drug-likeness (QED) is 0.542. The van der Waals surface area contributed by atoms with Crippen LogP contribution >= 0.6 is 0 Å². The number of aromatic nitrogens is 1. The normalized spacial score (nSPS) is 19.1. The van der Waals surface area contributed by atoms with Crippen LogP contribution in [0.4, 0.5) is 0 Å². The first-order valence-corrected chi connectivity index (χ1v) is 11.2. The Labute approximate surface area is 183 Å². The summed E-state index contributed by atoms with van der Waals surface area (Å²) in [6.07, 6.45) is 2.75. The second-order valence-electron chi connectivity index (χ2n) is 9.80. The van der Waals surface area contributed by atoms with E-state index in [4.69, 9.17) is 18.6 Å². The van der Waals surface area contributed by atoms with Gasteiger partial charge in [-0.3, -0.25) is 9.59 Å². The van der Waals surface area contributed by atoms with Crippen molar-refractivity contribution in [1.29, 1.82) is 0 Å². The Morgan fingerprint density at radius 1 is 0.742 bits per heavy atom. The molecule has 166 valence electrons. The number of carbonyl (C=O) groups is 2. The predicted octanol–water partition coefficient (Wildman–Crippen LogP) is -0.482. The van der Waals surface area contributed by atoms with E-state index in [-0.39, 0.29) is 22.4 Å². The van der Waals surface area contributed by atoms with E-state index in [0.717, 1.165) is 41.0 Å². The zero-order valence-corrected chi connectivity index (χ0v) is 18.8. The summed E-state index contributed by atoms with van der Waals surface area (Å²) in [5, 5.41) is 0. The van der Waals surface area contributed by atoms with E-state index in [1.165, 1.54) is 0 Å². The van der Waals surface area contributed by atoms with E-state index in [2.05, 4.69) is 44.4 Å². The van der Waals surface area contributed by atoms with Gasteiger partial charge in [-0.15, -0.1) is 10.2 Å². The van der Waals surface area contributed by atoms with Gasteiger partial charge in [0.15, 0.2) is 23.0 Å². The van der Waals surface area contributed by atoms with Gasteiger partial charge in [0.2, 0.25) is 5.69 Å². The van der Waals surface area contributed by atoms with E-state index >= 15 is 0 Å².